The Morgan fingerprint density at radius 1 is 1.48 bits per heavy atom. The molecule has 1 fully saturated rings. The maximum atomic E-state index is 12.1. The molecule has 1 aromatic carbocycles. The van der Waals surface area contributed by atoms with E-state index in [1.54, 1.807) is 6.92 Å². The molecule has 0 bridgehead atoms. The Balaban J connectivity index is 0.00000139. The van der Waals surface area contributed by atoms with Crippen molar-refractivity contribution in [3.8, 4) is 0 Å². The second kappa shape index (κ2) is 8.15. The van der Waals surface area contributed by atoms with Crippen molar-refractivity contribution in [2.45, 2.75) is 25.7 Å². The minimum Gasteiger partial charge on any atom is -0.391 e. The summed E-state index contributed by atoms with van der Waals surface area (Å²) in [5.41, 5.74) is -0.644. The summed E-state index contributed by atoms with van der Waals surface area (Å²) in [6, 6.07) is 9.20. The van der Waals surface area contributed by atoms with E-state index in [2.05, 4.69) is 5.11 Å². The lowest BCUT2D eigenvalue weighted by Crippen LogP contribution is -2.55. The summed E-state index contributed by atoms with van der Waals surface area (Å²) < 4.78 is 47.0. The van der Waals surface area contributed by atoms with E-state index in [0.29, 0.717) is 0 Å². The van der Waals surface area contributed by atoms with E-state index in [0.717, 1.165) is 25.7 Å². The number of aliphatic hydroxyl groups excluding tert-OH is 1. The smallest absolute Gasteiger partial charge is 0.239 e. The molecule has 3 atom stereocenters. The summed E-state index contributed by atoms with van der Waals surface area (Å²) in [5, 5.41) is 4.43. The summed E-state index contributed by atoms with van der Waals surface area (Å²) in [5.74, 6) is -0.955. The van der Waals surface area contributed by atoms with Gasteiger partial charge >= 0.3 is 0 Å². The molecule has 0 aromatic heterocycles. The van der Waals surface area contributed by atoms with Gasteiger partial charge in [0.1, 0.15) is 0 Å². The highest BCUT2D eigenvalue weighted by Crippen LogP contribution is 2.39. The molecule has 2 rings (SSSR count). The molecule has 1 aliphatic rings. The van der Waals surface area contributed by atoms with Crippen molar-refractivity contribution in [1.29, 1.82) is 1.43 Å². The molecule has 6 nitrogen and oxygen atoms in total. The first-order valence-corrected chi connectivity index (χ1v) is 9.11. The number of halogens is 1. The van der Waals surface area contributed by atoms with Crippen LogP contribution < -0.4 is 0 Å². The van der Waals surface area contributed by atoms with Crippen molar-refractivity contribution >= 4 is 25.5 Å². The average molecular weight is 367 g/mol. The number of aliphatic hydroxyl groups is 1. The highest BCUT2D eigenvalue weighted by atomic mass is 32.2. The fraction of sp³-hybridized carbons (Fsp3) is 0.500. The summed E-state index contributed by atoms with van der Waals surface area (Å²) in [6.45, 7) is 1.50. The van der Waals surface area contributed by atoms with Gasteiger partial charge in [-0.1, -0.05) is 37.3 Å². The van der Waals surface area contributed by atoms with Gasteiger partial charge in [0.25, 0.3) is 0 Å². The fourth-order valence-corrected chi connectivity index (χ4v) is 3.90. The predicted molar refractivity (Wildman–Crippen MR) is 87.3 cm³/mol. The zero-order chi connectivity index (χ0) is 18.4. The van der Waals surface area contributed by atoms with Gasteiger partial charge < -0.3 is 9.85 Å². The number of amides is 1. The summed E-state index contributed by atoms with van der Waals surface area (Å²) in [4.78, 5) is 12.1. The van der Waals surface area contributed by atoms with Gasteiger partial charge in [0, 0.05) is 12.3 Å². The van der Waals surface area contributed by atoms with Gasteiger partial charge in [0.2, 0.25) is 17.4 Å². The van der Waals surface area contributed by atoms with E-state index < -0.39 is 27.6 Å². The number of benzene rings is 1. The van der Waals surface area contributed by atoms with E-state index in [1.165, 1.54) is 0 Å². The van der Waals surface area contributed by atoms with Crippen molar-refractivity contribution in [2.24, 2.45) is 5.92 Å². The van der Waals surface area contributed by atoms with E-state index in [1.807, 2.05) is 30.3 Å². The van der Waals surface area contributed by atoms with Crippen LogP contribution in [-0.4, -0.2) is 43.8 Å². The third-order valence-corrected chi connectivity index (χ3v) is 4.87. The molecular formula is C14H21FNO5PS. The lowest BCUT2D eigenvalue weighted by atomic mass is 9.99. The van der Waals surface area contributed by atoms with Crippen LogP contribution in [-0.2, 0) is 26.2 Å². The van der Waals surface area contributed by atoms with Gasteiger partial charge in [-0.3, -0.25) is 4.79 Å². The Bertz CT molecular complexity index is 648. The highest BCUT2D eigenvalue weighted by Gasteiger charge is 2.55. The molecule has 2 unspecified atom stereocenters. The van der Waals surface area contributed by atoms with Gasteiger partial charge in [-0.05, 0) is 5.56 Å². The molecule has 23 heavy (non-hydrogen) atoms. The minimum atomic E-state index is -3.82. The average Bonchev–Trinajstić information content (AvgIpc) is 2.79. The molecule has 1 saturated heterocycles. The predicted octanol–water partition coefficient (Wildman–Crippen LogP) is 1.47. The van der Waals surface area contributed by atoms with Crippen LogP contribution in [0.1, 0.15) is 18.9 Å². The molecule has 1 aliphatic heterocycles. The van der Waals surface area contributed by atoms with Crippen LogP contribution in [0.2, 0.25) is 0 Å². The van der Waals surface area contributed by atoms with Crippen LogP contribution in [0.3, 0.4) is 0 Å². The van der Waals surface area contributed by atoms with E-state index in [9.17, 15) is 17.4 Å². The number of hydrogen-bond acceptors (Lipinski definition) is 5. The fourth-order valence-electron chi connectivity index (χ4n) is 2.61. The molecule has 1 amide bonds. The van der Waals surface area contributed by atoms with Crippen molar-refractivity contribution < 1.29 is 27.3 Å². The minimum absolute atomic E-state index is 0.0330. The van der Waals surface area contributed by atoms with E-state index in [4.69, 9.17) is 6.17 Å². The second-order valence-electron chi connectivity index (χ2n) is 5.29. The second-order valence-corrected chi connectivity index (χ2v) is 7.12. The third-order valence-electron chi connectivity index (χ3n) is 3.69. The van der Waals surface area contributed by atoms with Crippen molar-refractivity contribution in [3.05, 3.63) is 35.9 Å². The summed E-state index contributed by atoms with van der Waals surface area (Å²) in [7, 11) is -2.91. The summed E-state index contributed by atoms with van der Waals surface area (Å²) >= 11 is 0. The number of nitrogens with zero attached hydrogens (tertiary/aromatic N) is 1. The Morgan fingerprint density at radius 2 is 2.09 bits per heavy atom. The molecular weight excluding hydrogens is 344 g/mol. The zero-order valence-electron chi connectivity index (χ0n) is 13.9. The van der Waals surface area contributed by atoms with Crippen molar-refractivity contribution in [3.63, 3.8) is 0 Å². The lowest BCUT2D eigenvalue weighted by molar-refractivity contribution is -0.169. The number of ether oxygens (including phenoxy) is 1. The van der Waals surface area contributed by atoms with Gasteiger partial charge in [0.05, 0.1) is 29.0 Å². The SMILES string of the molecule is FP.[3H]OCC1(OCc2ccccc2)[C@@H](C)CC(=O)N1S(C)(=O)=O. The molecule has 0 aliphatic carbocycles. The van der Waals surface area contributed by atoms with Crippen molar-refractivity contribution in [1.82, 2.24) is 4.31 Å². The molecule has 1 heterocycles. The Labute approximate surface area is 139 Å². The first kappa shape index (κ1) is 18.3. The van der Waals surface area contributed by atoms with Gasteiger partial charge in [0.15, 0.2) is 5.72 Å². The molecule has 0 spiro atoms. The molecule has 0 saturated carbocycles. The zero-order valence-corrected chi connectivity index (χ0v) is 14.9. The maximum absolute atomic E-state index is 12.1. The quantitative estimate of drug-likeness (QED) is 0.770. The summed E-state index contributed by atoms with van der Waals surface area (Å²) in [6.07, 6.45) is 0.985. The number of sulfonamides is 1. The van der Waals surface area contributed by atoms with Crippen LogP contribution >= 0.6 is 9.55 Å². The third kappa shape index (κ3) is 4.26. The lowest BCUT2D eigenvalue weighted by Gasteiger charge is -2.37. The first-order chi connectivity index (χ1) is 11.3. The van der Waals surface area contributed by atoms with Crippen LogP contribution in [0.25, 0.3) is 0 Å². The topological polar surface area (TPSA) is 83.9 Å². The first-order valence-electron chi connectivity index (χ1n) is 7.23. The van der Waals surface area contributed by atoms with Gasteiger partial charge in [-0.25, -0.2) is 16.9 Å². The number of rotatable bonds is 6. The molecule has 1 aromatic rings. The Morgan fingerprint density at radius 3 is 2.61 bits per heavy atom. The molecule has 9 heteroatoms. The monoisotopic (exact) mass is 367 g/mol. The maximum Gasteiger partial charge on any atom is 0.239 e. The standard InChI is InChI=1S/C14H19NO5S.FH2P/c1-11-8-13(17)15(21(2,18)19)14(11,10-16)20-9-12-6-4-3-5-7-12;1-2/h3-7,11,16H,8-10H2,1-2H3;2H2/t11-,14?;/m0./s1/i16T;. The normalized spacial score (nSPS) is 24.9. The van der Waals surface area contributed by atoms with Gasteiger partial charge in [-0.15, -0.1) is 0 Å². The van der Waals surface area contributed by atoms with Crippen molar-refractivity contribution in [2.75, 3.05) is 12.9 Å². The van der Waals surface area contributed by atoms with E-state index in [-0.39, 0.29) is 19.6 Å². The van der Waals surface area contributed by atoms with Crippen LogP contribution in [0.4, 0.5) is 4.20 Å². The molecule has 1 N–H and O–H groups in total. The van der Waals surface area contributed by atoms with Gasteiger partial charge in [-0.2, -0.15) is 0 Å². The van der Waals surface area contributed by atoms with Crippen LogP contribution in [0.5, 0.6) is 0 Å². The largest absolute Gasteiger partial charge is 0.391 e. The highest BCUT2D eigenvalue weighted by molar-refractivity contribution is 7.89. The Kier molecular flexibility index (Phi) is 6.47. The van der Waals surface area contributed by atoms with Crippen LogP contribution in [0, 0.1) is 5.92 Å². The Hall–Kier alpha value is -1.08. The molecule has 130 valence electrons. The van der Waals surface area contributed by atoms with Crippen LogP contribution in [0.15, 0.2) is 30.3 Å². The molecule has 0 radical (unpaired) electrons. The number of hydrogen-bond donors (Lipinski definition) is 1. The van der Waals surface area contributed by atoms with E-state index >= 15 is 0 Å². The number of carbonyl (C=O) groups excluding carboxylic acids is 1. The number of carbonyl (C=O) groups is 1.